The highest BCUT2D eigenvalue weighted by Gasteiger charge is 2.46. The van der Waals surface area contributed by atoms with Gasteiger partial charge in [0.15, 0.2) is 6.29 Å². The number of rotatable bonds is 10. The van der Waals surface area contributed by atoms with Gasteiger partial charge < -0.3 is 35.0 Å². The summed E-state index contributed by atoms with van der Waals surface area (Å²) in [5, 5.41) is 33.9. The van der Waals surface area contributed by atoms with Crippen LogP contribution >= 0.6 is 0 Å². The summed E-state index contributed by atoms with van der Waals surface area (Å²) >= 11 is 0. The second-order valence-corrected chi connectivity index (χ2v) is 8.35. The van der Waals surface area contributed by atoms with E-state index < -0.39 is 30.7 Å². The predicted molar refractivity (Wildman–Crippen MR) is 117 cm³/mol. The Morgan fingerprint density at radius 2 is 1.78 bits per heavy atom. The van der Waals surface area contributed by atoms with Crippen LogP contribution in [0.3, 0.4) is 0 Å². The van der Waals surface area contributed by atoms with Crippen LogP contribution in [-0.4, -0.2) is 77.5 Å². The Labute approximate surface area is 188 Å². The number of para-hydroxylation sites is 1. The van der Waals surface area contributed by atoms with Crippen molar-refractivity contribution in [1.82, 2.24) is 5.32 Å². The van der Waals surface area contributed by atoms with Crippen LogP contribution in [0, 0.1) is 0 Å². The minimum Gasteiger partial charge on any atom is -0.388 e. The number of ether oxygens (including phenoxy) is 2. The van der Waals surface area contributed by atoms with E-state index in [0.29, 0.717) is 17.9 Å². The first-order valence-corrected chi connectivity index (χ1v) is 11.4. The number of nitrogens with zero attached hydrogens (tertiary/aromatic N) is 1. The van der Waals surface area contributed by atoms with Crippen molar-refractivity contribution in [3.63, 3.8) is 0 Å². The summed E-state index contributed by atoms with van der Waals surface area (Å²) in [6, 6.07) is 6.66. The van der Waals surface area contributed by atoms with Crippen LogP contribution in [0.25, 0.3) is 0 Å². The quantitative estimate of drug-likeness (QED) is 0.391. The molecule has 1 aromatic carbocycles. The van der Waals surface area contributed by atoms with Gasteiger partial charge in [-0.3, -0.25) is 9.59 Å². The van der Waals surface area contributed by atoms with E-state index in [1.807, 2.05) is 0 Å². The van der Waals surface area contributed by atoms with E-state index in [1.54, 1.807) is 24.3 Å². The number of hydrogen-bond donors (Lipinski definition) is 4. The zero-order chi connectivity index (χ0) is 23.1. The molecule has 0 bridgehead atoms. The third kappa shape index (κ3) is 5.85. The molecule has 2 amide bonds. The minimum atomic E-state index is -1.56. The Bertz CT molecular complexity index is 774. The topological polar surface area (TPSA) is 129 Å². The van der Waals surface area contributed by atoms with Crippen molar-refractivity contribution in [1.29, 1.82) is 0 Å². The molecule has 1 unspecified atom stereocenters. The molecule has 32 heavy (non-hydrogen) atoms. The van der Waals surface area contributed by atoms with Gasteiger partial charge in [-0.2, -0.15) is 0 Å². The van der Waals surface area contributed by atoms with Gasteiger partial charge in [-0.25, -0.2) is 0 Å². The van der Waals surface area contributed by atoms with Gasteiger partial charge in [0.2, 0.25) is 5.91 Å². The number of nitrogens with one attached hydrogen (secondary N) is 1. The van der Waals surface area contributed by atoms with Gasteiger partial charge in [0.1, 0.15) is 24.4 Å². The molecule has 178 valence electrons. The lowest BCUT2D eigenvalue weighted by atomic mass is 9.97. The molecule has 2 heterocycles. The fourth-order valence-electron chi connectivity index (χ4n) is 4.13. The summed E-state index contributed by atoms with van der Waals surface area (Å²) < 4.78 is 11.2. The summed E-state index contributed by atoms with van der Waals surface area (Å²) in [5.41, 5.74) is 0.730. The van der Waals surface area contributed by atoms with Crippen LogP contribution in [0.1, 0.15) is 55.8 Å². The fraction of sp³-hybridized carbons (Fsp3) is 0.652. The molecular formula is C23H34N2O7. The smallest absolute Gasteiger partial charge is 0.253 e. The first-order valence-electron chi connectivity index (χ1n) is 11.4. The van der Waals surface area contributed by atoms with Crippen LogP contribution in [0.5, 0.6) is 0 Å². The normalized spacial score (nSPS) is 28.2. The van der Waals surface area contributed by atoms with Crippen molar-refractivity contribution in [3.8, 4) is 0 Å². The third-order valence-corrected chi connectivity index (χ3v) is 5.97. The second-order valence-electron chi connectivity index (χ2n) is 8.35. The monoisotopic (exact) mass is 450 g/mol. The summed E-state index contributed by atoms with van der Waals surface area (Å²) in [6.07, 6.45) is 0.134. The van der Waals surface area contributed by atoms with E-state index >= 15 is 0 Å². The van der Waals surface area contributed by atoms with E-state index in [0.717, 1.165) is 19.3 Å². The molecule has 2 aliphatic heterocycles. The molecule has 1 aromatic rings. The molecule has 0 aromatic heterocycles. The minimum absolute atomic E-state index is 0.105. The Balaban J connectivity index is 1.65. The average Bonchev–Trinajstić information content (AvgIpc) is 2.91. The van der Waals surface area contributed by atoms with Crippen molar-refractivity contribution in [2.75, 3.05) is 24.6 Å². The molecule has 1 fully saturated rings. The van der Waals surface area contributed by atoms with Crippen LogP contribution in [0.15, 0.2) is 24.3 Å². The summed E-state index contributed by atoms with van der Waals surface area (Å²) in [5.74, 6) is -0.735. The highest BCUT2D eigenvalue weighted by Crippen LogP contribution is 2.28. The molecule has 5 atom stereocenters. The molecule has 4 N–H and O–H groups in total. The molecule has 0 radical (unpaired) electrons. The number of carbonyl (C=O) groups excluding carboxylic acids is 2. The number of anilines is 1. The second kappa shape index (κ2) is 11.7. The number of aliphatic hydroxyl groups excluding tert-OH is 3. The van der Waals surface area contributed by atoms with Gasteiger partial charge in [-0.1, -0.05) is 51.2 Å². The zero-order valence-corrected chi connectivity index (χ0v) is 18.5. The van der Waals surface area contributed by atoms with Crippen LogP contribution in [0.4, 0.5) is 5.69 Å². The maximum absolute atomic E-state index is 12.7. The van der Waals surface area contributed by atoms with Crippen LogP contribution < -0.4 is 10.2 Å². The van der Waals surface area contributed by atoms with Crippen LogP contribution in [0.2, 0.25) is 0 Å². The van der Waals surface area contributed by atoms with Crippen molar-refractivity contribution in [2.45, 2.75) is 76.2 Å². The molecule has 9 heteroatoms. The van der Waals surface area contributed by atoms with Gasteiger partial charge in [0.25, 0.3) is 5.91 Å². The maximum Gasteiger partial charge on any atom is 0.253 e. The molecule has 0 aliphatic carbocycles. The number of aliphatic hydroxyl groups is 3. The number of benzene rings is 1. The standard InChI is InChI=1S/C23H34N2O7/c1-2-3-4-5-6-9-12-31-21-19(27)17(32-23(30)20(21)28)14-25-16-11-8-7-10-15(16)22(29)24-13-18(25)26/h7-8,10-11,17,19-21,23,27-28,30H,2-6,9,12-14H2,1H3,(H,24,29)/t17-,19-,20-,21+,23?/m1/s1. The Hall–Kier alpha value is -2.04. The van der Waals surface area contributed by atoms with E-state index in [2.05, 4.69) is 12.2 Å². The Kier molecular flexibility index (Phi) is 9.01. The van der Waals surface area contributed by atoms with Gasteiger partial charge >= 0.3 is 0 Å². The average molecular weight is 451 g/mol. The van der Waals surface area contributed by atoms with Gasteiger partial charge in [-0.05, 0) is 18.6 Å². The first kappa shape index (κ1) is 24.6. The van der Waals surface area contributed by atoms with E-state index in [-0.39, 0.29) is 24.9 Å². The van der Waals surface area contributed by atoms with Crippen molar-refractivity contribution in [2.24, 2.45) is 0 Å². The number of unbranched alkanes of at least 4 members (excludes halogenated alkanes) is 5. The van der Waals surface area contributed by atoms with E-state index in [9.17, 15) is 24.9 Å². The lowest BCUT2D eigenvalue weighted by Crippen LogP contribution is -2.61. The molecule has 9 nitrogen and oxygen atoms in total. The molecule has 1 saturated heterocycles. The lowest BCUT2D eigenvalue weighted by Gasteiger charge is -2.42. The predicted octanol–water partition coefficient (Wildman–Crippen LogP) is 0.948. The summed E-state index contributed by atoms with van der Waals surface area (Å²) in [4.78, 5) is 26.3. The Morgan fingerprint density at radius 1 is 1.06 bits per heavy atom. The largest absolute Gasteiger partial charge is 0.388 e. The summed E-state index contributed by atoms with van der Waals surface area (Å²) in [7, 11) is 0. The van der Waals surface area contributed by atoms with Crippen LogP contribution in [-0.2, 0) is 14.3 Å². The first-order chi connectivity index (χ1) is 15.4. The van der Waals surface area contributed by atoms with Crippen molar-refractivity contribution in [3.05, 3.63) is 29.8 Å². The third-order valence-electron chi connectivity index (χ3n) is 5.97. The molecule has 0 saturated carbocycles. The maximum atomic E-state index is 12.7. The SMILES string of the molecule is CCCCCCCCO[C@H]1[C@H](O)[C@@H](CN2C(=O)CNC(=O)c3ccccc32)OC(O)[C@@H]1O. The zero-order valence-electron chi connectivity index (χ0n) is 18.5. The van der Waals surface area contributed by atoms with E-state index in [1.165, 1.54) is 24.2 Å². The number of fused-ring (bicyclic) bond motifs is 1. The molecular weight excluding hydrogens is 416 g/mol. The number of amides is 2. The highest BCUT2D eigenvalue weighted by molar-refractivity contribution is 6.09. The van der Waals surface area contributed by atoms with Gasteiger partial charge in [0.05, 0.1) is 24.3 Å². The molecule has 0 spiro atoms. The Morgan fingerprint density at radius 3 is 2.56 bits per heavy atom. The van der Waals surface area contributed by atoms with Crippen molar-refractivity contribution < 1.29 is 34.4 Å². The van der Waals surface area contributed by atoms with E-state index in [4.69, 9.17) is 9.47 Å². The van der Waals surface area contributed by atoms with Crippen molar-refractivity contribution >= 4 is 17.5 Å². The number of carbonyl (C=O) groups is 2. The summed E-state index contributed by atoms with van der Waals surface area (Å²) in [6.45, 7) is 2.20. The molecule has 3 rings (SSSR count). The van der Waals surface area contributed by atoms with Gasteiger partial charge in [0, 0.05) is 6.61 Å². The fourth-order valence-corrected chi connectivity index (χ4v) is 4.13. The number of hydrogen-bond acceptors (Lipinski definition) is 7. The molecule has 2 aliphatic rings. The lowest BCUT2D eigenvalue weighted by molar-refractivity contribution is -0.287. The van der Waals surface area contributed by atoms with Gasteiger partial charge in [-0.15, -0.1) is 0 Å². The highest BCUT2D eigenvalue weighted by atomic mass is 16.6.